The largest absolute Gasteiger partial charge is 0.481 e. The van der Waals surface area contributed by atoms with E-state index in [9.17, 15) is 13.6 Å². The van der Waals surface area contributed by atoms with E-state index in [0.29, 0.717) is 0 Å². The predicted molar refractivity (Wildman–Crippen MR) is 38.2 cm³/mol. The minimum Gasteiger partial charge on any atom is -0.481 e. The van der Waals surface area contributed by atoms with E-state index >= 15 is 0 Å². The van der Waals surface area contributed by atoms with Crippen molar-refractivity contribution in [2.75, 3.05) is 13.1 Å². The van der Waals surface area contributed by atoms with Gasteiger partial charge in [-0.1, -0.05) is 0 Å². The molecule has 3 nitrogen and oxygen atoms in total. The van der Waals surface area contributed by atoms with E-state index in [1.54, 1.807) is 0 Å². The molecule has 1 saturated heterocycles. The zero-order chi connectivity index (χ0) is 9.41. The molecule has 0 amide bonds. The molecule has 12 heavy (non-hydrogen) atoms. The molecule has 0 spiro atoms. The smallest absolute Gasteiger partial charge is 0.312 e. The Hall–Kier alpha value is -0.710. The Morgan fingerprint density at radius 2 is 2.17 bits per heavy atom. The van der Waals surface area contributed by atoms with E-state index < -0.39 is 23.7 Å². The Morgan fingerprint density at radius 3 is 2.25 bits per heavy atom. The van der Waals surface area contributed by atoms with Gasteiger partial charge in [-0.3, -0.25) is 4.79 Å². The SMILES string of the molecule is CC(F)(F)CC1(C(=O)O)CNC1. The molecule has 70 valence electrons. The highest BCUT2D eigenvalue weighted by Crippen LogP contribution is 2.35. The Bertz CT molecular complexity index is 196. The third-order valence-electron chi connectivity index (χ3n) is 2.03. The van der Waals surface area contributed by atoms with E-state index in [1.165, 1.54) is 0 Å². The zero-order valence-corrected chi connectivity index (χ0v) is 6.73. The molecule has 0 aromatic rings. The molecule has 0 bridgehead atoms. The summed E-state index contributed by atoms with van der Waals surface area (Å²) in [5, 5.41) is 11.4. The first kappa shape index (κ1) is 9.38. The van der Waals surface area contributed by atoms with E-state index in [1.807, 2.05) is 0 Å². The highest BCUT2D eigenvalue weighted by Gasteiger charge is 2.49. The number of rotatable bonds is 3. The molecule has 0 aromatic carbocycles. The van der Waals surface area contributed by atoms with Crippen molar-refractivity contribution in [3.63, 3.8) is 0 Å². The normalized spacial score (nSPS) is 21.6. The topological polar surface area (TPSA) is 49.3 Å². The Kier molecular flexibility index (Phi) is 2.07. The van der Waals surface area contributed by atoms with Gasteiger partial charge >= 0.3 is 5.97 Å². The van der Waals surface area contributed by atoms with Gasteiger partial charge in [-0.05, 0) is 6.92 Å². The van der Waals surface area contributed by atoms with Crippen LogP contribution in [-0.2, 0) is 4.79 Å². The number of hydrogen-bond acceptors (Lipinski definition) is 2. The molecule has 5 heteroatoms. The van der Waals surface area contributed by atoms with Gasteiger partial charge in [0.25, 0.3) is 0 Å². The van der Waals surface area contributed by atoms with Crippen LogP contribution in [0.3, 0.4) is 0 Å². The van der Waals surface area contributed by atoms with Gasteiger partial charge < -0.3 is 10.4 Å². The Labute approximate surface area is 68.8 Å². The summed E-state index contributed by atoms with van der Waals surface area (Å²) in [7, 11) is 0. The average Bonchev–Trinajstić information content (AvgIpc) is 1.75. The third kappa shape index (κ3) is 1.72. The van der Waals surface area contributed by atoms with E-state index in [2.05, 4.69) is 5.32 Å². The molecule has 1 aliphatic heterocycles. The molecule has 0 atom stereocenters. The van der Waals surface area contributed by atoms with Crippen LogP contribution in [0.15, 0.2) is 0 Å². The maximum absolute atomic E-state index is 12.5. The summed E-state index contributed by atoms with van der Waals surface area (Å²) in [5.74, 6) is -4.04. The van der Waals surface area contributed by atoms with Crippen LogP contribution in [-0.4, -0.2) is 30.1 Å². The van der Waals surface area contributed by atoms with Crippen molar-refractivity contribution in [1.82, 2.24) is 5.32 Å². The number of alkyl halides is 2. The van der Waals surface area contributed by atoms with Crippen LogP contribution in [0.2, 0.25) is 0 Å². The van der Waals surface area contributed by atoms with E-state index in [-0.39, 0.29) is 13.1 Å². The van der Waals surface area contributed by atoms with Gasteiger partial charge in [0.05, 0.1) is 5.41 Å². The predicted octanol–water partition coefficient (Wildman–Crippen LogP) is 0.706. The summed E-state index contributed by atoms with van der Waals surface area (Å²) in [5.41, 5.74) is -1.24. The summed E-state index contributed by atoms with van der Waals surface area (Å²) in [6.07, 6.45) is -0.581. The summed E-state index contributed by atoms with van der Waals surface area (Å²) < 4.78 is 25.0. The molecule has 0 aliphatic carbocycles. The maximum Gasteiger partial charge on any atom is 0.312 e. The van der Waals surface area contributed by atoms with Crippen molar-refractivity contribution in [3.8, 4) is 0 Å². The molecular formula is C7H11F2NO2. The van der Waals surface area contributed by atoms with Crippen LogP contribution in [0, 0.1) is 5.41 Å². The van der Waals surface area contributed by atoms with Gasteiger partial charge in [0.15, 0.2) is 0 Å². The van der Waals surface area contributed by atoms with Crippen molar-refractivity contribution in [1.29, 1.82) is 0 Å². The molecule has 0 aromatic heterocycles. The van der Waals surface area contributed by atoms with Crippen molar-refractivity contribution in [3.05, 3.63) is 0 Å². The molecule has 1 aliphatic rings. The minimum absolute atomic E-state index is 0.145. The highest BCUT2D eigenvalue weighted by molar-refractivity contribution is 5.76. The van der Waals surface area contributed by atoms with Crippen LogP contribution in [0.1, 0.15) is 13.3 Å². The van der Waals surface area contributed by atoms with Crippen LogP contribution in [0.5, 0.6) is 0 Å². The van der Waals surface area contributed by atoms with Crippen LogP contribution in [0.25, 0.3) is 0 Å². The first-order chi connectivity index (χ1) is 5.36. The highest BCUT2D eigenvalue weighted by atomic mass is 19.3. The molecule has 0 unspecified atom stereocenters. The molecule has 2 N–H and O–H groups in total. The van der Waals surface area contributed by atoms with Gasteiger partial charge in [0, 0.05) is 19.5 Å². The lowest BCUT2D eigenvalue weighted by molar-refractivity contribution is -0.159. The number of halogens is 2. The minimum atomic E-state index is -2.90. The second-order valence-electron chi connectivity index (χ2n) is 3.44. The molecule has 0 radical (unpaired) electrons. The van der Waals surface area contributed by atoms with E-state index in [4.69, 9.17) is 5.11 Å². The number of nitrogens with one attached hydrogen (secondary N) is 1. The molecule has 1 rings (SSSR count). The average molecular weight is 179 g/mol. The molecule has 1 fully saturated rings. The maximum atomic E-state index is 12.5. The van der Waals surface area contributed by atoms with Crippen molar-refractivity contribution < 1.29 is 18.7 Å². The monoisotopic (exact) mass is 179 g/mol. The molecule has 1 heterocycles. The summed E-state index contributed by atoms with van der Waals surface area (Å²) in [4.78, 5) is 10.6. The van der Waals surface area contributed by atoms with Gasteiger partial charge in [-0.2, -0.15) is 0 Å². The van der Waals surface area contributed by atoms with Crippen LogP contribution >= 0.6 is 0 Å². The zero-order valence-electron chi connectivity index (χ0n) is 6.73. The summed E-state index contributed by atoms with van der Waals surface area (Å²) in [6, 6.07) is 0. The van der Waals surface area contributed by atoms with Crippen molar-refractivity contribution >= 4 is 5.97 Å². The standard InChI is InChI=1S/C7H11F2NO2/c1-6(8,9)2-7(5(11)12)3-10-4-7/h10H,2-4H2,1H3,(H,11,12). The van der Waals surface area contributed by atoms with Crippen molar-refractivity contribution in [2.45, 2.75) is 19.3 Å². The lowest BCUT2D eigenvalue weighted by atomic mass is 9.77. The number of carboxylic acid groups (broad SMARTS) is 1. The lowest BCUT2D eigenvalue weighted by Gasteiger charge is -2.39. The second-order valence-corrected chi connectivity index (χ2v) is 3.44. The Balaban J connectivity index is 2.63. The van der Waals surface area contributed by atoms with Crippen LogP contribution in [0.4, 0.5) is 8.78 Å². The second kappa shape index (κ2) is 2.65. The third-order valence-corrected chi connectivity index (χ3v) is 2.03. The van der Waals surface area contributed by atoms with Gasteiger partial charge in [-0.25, -0.2) is 8.78 Å². The first-order valence-electron chi connectivity index (χ1n) is 3.68. The molecular weight excluding hydrogens is 168 g/mol. The van der Waals surface area contributed by atoms with Gasteiger partial charge in [-0.15, -0.1) is 0 Å². The number of hydrogen-bond donors (Lipinski definition) is 2. The van der Waals surface area contributed by atoms with Gasteiger partial charge in [0.1, 0.15) is 0 Å². The fourth-order valence-electron chi connectivity index (χ4n) is 1.37. The number of carbonyl (C=O) groups is 1. The lowest BCUT2D eigenvalue weighted by Crippen LogP contribution is -2.59. The fourth-order valence-corrected chi connectivity index (χ4v) is 1.37. The van der Waals surface area contributed by atoms with E-state index in [0.717, 1.165) is 6.92 Å². The first-order valence-corrected chi connectivity index (χ1v) is 3.68. The van der Waals surface area contributed by atoms with Crippen molar-refractivity contribution in [2.24, 2.45) is 5.41 Å². The number of carboxylic acids is 1. The quantitative estimate of drug-likeness (QED) is 0.670. The summed E-state index contributed by atoms with van der Waals surface area (Å²) in [6.45, 7) is 1.04. The summed E-state index contributed by atoms with van der Waals surface area (Å²) >= 11 is 0. The number of aliphatic carboxylic acids is 1. The van der Waals surface area contributed by atoms with Gasteiger partial charge in [0.2, 0.25) is 5.92 Å². The molecule has 0 saturated carbocycles. The fraction of sp³-hybridized carbons (Fsp3) is 0.857. The van der Waals surface area contributed by atoms with Crippen LogP contribution < -0.4 is 5.32 Å². The Morgan fingerprint density at radius 1 is 1.67 bits per heavy atom.